The summed E-state index contributed by atoms with van der Waals surface area (Å²) in [6.07, 6.45) is 0.655. The summed E-state index contributed by atoms with van der Waals surface area (Å²) < 4.78 is 10.9. The fourth-order valence-corrected chi connectivity index (χ4v) is 2.41. The normalized spacial score (nSPS) is 19.2. The van der Waals surface area contributed by atoms with Crippen LogP contribution >= 0.6 is 15.9 Å². The summed E-state index contributed by atoms with van der Waals surface area (Å²) in [6, 6.07) is 7.44. The van der Waals surface area contributed by atoms with Gasteiger partial charge in [-0.3, -0.25) is 0 Å². The quantitative estimate of drug-likeness (QED) is 0.550. The summed E-state index contributed by atoms with van der Waals surface area (Å²) in [5.41, 5.74) is 0.920. The molecule has 2 aromatic rings. The van der Waals surface area contributed by atoms with Crippen LogP contribution in [0, 0.1) is 0 Å². The van der Waals surface area contributed by atoms with E-state index in [0.717, 1.165) is 5.39 Å². The summed E-state index contributed by atoms with van der Waals surface area (Å²) in [6.45, 7) is 0.584. The highest BCUT2D eigenvalue weighted by Crippen LogP contribution is 2.32. The molecule has 0 saturated heterocycles. The molecule has 0 bridgehead atoms. The van der Waals surface area contributed by atoms with Crippen LogP contribution in [0.4, 0.5) is 0 Å². The Labute approximate surface area is 100 Å². The van der Waals surface area contributed by atoms with Crippen molar-refractivity contribution in [2.24, 2.45) is 0 Å². The molecule has 0 aliphatic carbocycles. The summed E-state index contributed by atoms with van der Waals surface area (Å²) in [7, 11) is 0. The molecule has 1 aromatic carbocycles. The van der Waals surface area contributed by atoms with Gasteiger partial charge in [-0.1, -0.05) is 28.1 Å². The molecule has 0 saturated carbocycles. The van der Waals surface area contributed by atoms with Gasteiger partial charge < -0.3 is 9.15 Å². The van der Waals surface area contributed by atoms with Crippen molar-refractivity contribution in [1.82, 2.24) is 0 Å². The Morgan fingerprint density at radius 1 is 1.31 bits per heavy atom. The van der Waals surface area contributed by atoms with Crippen LogP contribution in [0.1, 0.15) is 5.56 Å². The van der Waals surface area contributed by atoms with Crippen molar-refractivity contribution >= 4 is 26.9 Å². The summed E-state index contributed by atoms with van der Waals surface area (Å²) in [5, 5.41) is 0.872. The molecule has 0 fully saturated rings. The molecule has 3 rings (SSSR count). The maximum atomic E-state index is 11.8. The molecule has 0 amide bonds. The van der Waals surface area contributed by atoms with Crippen LogP contribution in [0.3, 0.4) is 0 Å². The van der Waals surface area contributed by atoms with Gasteiger partial charge in [0, 0.05) is 0 Å². The van der Waals surface area contributed by atoms with Crippen LogP contribution in [-0.4, -0.2) is 11.4 Å². The van der Waals surface area contributed by atoms with Gasteiger partial charge in [0.15, 0.2) is 0 Å². The minimum atomic E-state index is -0.294. The molecule has 3 nitrogen and oxygen atoms in total. The molecule has 0 spiro atoms. The first-order valence-electron chi connectivity index (χ1n) is 5.07. The highest BCUT2D eigenvalue weighted by Gasteiger charge is 2.23. The lowest BCUT2D eigenvalue weighted by molar-refractivity contribution is 0.294. The monoisotopic (exact) mass is 280 g/mol. The van der Waals surface area contributed by atoms with Crippen LogP contribution in [-0.2, 0) is 6.42 Å². The second-order valence-corrected chi connectivity index (χ2v) is 5.10. The van der Waals surface area contributed by atoms with Gasteiger partial charge in [-0.2, -0.15) is 0 Å². The zero-order valence-corrected chi connectivity index (χ0v) is 9.99. The number of alkyl halides is 1. The first-order chi connectivity index (χ1) is 7.75. The average Bonchev–Trinajstić information content (AvgIpc) is 2.29. The van der Waals surface area contributed by atoms with Crippen molar-refractivity contribution < 1.29 is 9.15 Å². The van der Waals surface area contributed by atoms with Gasteiger partial charge >= 0.3 is 5.63 Å². The number of fused-ring (bicyclic) bond motifs is 3. The van der Waals surface area contributed by atoms with E-state index in [0.29, 0.717) is 29.9 Å². The van der Waals surface area contributed by atoms with Crippen molar-refractivity contribution in [3.8, 4) is 5.75 Å². The minimum absolute atomic E-state index is 0.184. The SMILES string of the molecule is O=c1oc2ccccc2c2c1CC(Br)CO2. The summed E-state index contributed by atoms with van der Waals surface area (Å²) in [4.78, 5) is 11.9. The predicted octanol–water partition coefficient (Wildman–Crippen LogP) is 2.49. The standard InChI is InChI=1S/C12H9BrO3/c13-7-5-9-11(15-6-7)8-3-1-2-4-10(8)16-12(9)14/h1-4,7H,5-6H2. The average molecular weight is 281 g/mol. The molecular formula is C12H9BrO3. The zero-order chi connectivity index (χ0) is 11.1. The van der Waals surface area contributed by atoms with Gasteiger partial charge in [-0.05, 0) is 18.6 Å². The fourth-order valence-electron chi connectivity index (χ4n) is 1.96. The van der Waals surface area contributed by atoms with Crippen molar-refractivity contribution in [1.29, 1.82) is 0 Å². The van der Waals surface area contributed by atoms with E-state index in [4.69, 9.17) is 9.15 Å². The second-order valence-electron chi connectivity index (χ2n) is 3.81. The Hall–Kier alpha value is -1.29. The van der Waals surface area contributed by atoms with Crippen molar-refractivity contribution in [2.45, 2.75) is 11.2 Å². The molecule has 1 atom stereocenters. The Morgan fingerprint density at radius 3 is 3.00 bits per heavy atom. The van der Waals surface area contributed by atoms with Crippen molar-refractivity contribution in [2.75, 3.05) is 6.61 Å². The van der Waals surface area contributed by atoms with Crippen LogP contribution in [0.5, 0.6) is 5.75 Å². The third kappa shape index (κ3) is 1.45. The van der Waals surface area contributed by atoms with Gasteiger partial charge in [0.2, 0.25) is 0 Å². The molecule has 0 N–H and O–H groups in total. The number of para-hydroxylation sites is 1. The summed E-state index contributed by atoms with van der Waals surface area (Å²) in [5.74, 6) is 0.683. The maximum absolute atomic E-state index is 11.8. The molecule has 82 valence electrons. The molecule has 0 radical (unpaired) electrons. The lowest BCUT2D eigenvalue weighted by Crippen LogP contribution is -2.25. The number of ether oxygens (including phenoxy) is 1. The Morgan fingerprint density at radius 2 is 2.12 bits per heavy atom. The van der Waals surface area contributed by atoms with E-state index in [1.54, 1.807) is 6.07 Å². The van der Waals surface area contributed by atoms with Gasteiger partial charge in [0.05, 0.1) is 15.8 Å². The third-order valence-corrected chi connectivity index (χ3v) is 3.28. The van der Waals surface area contributed by atoms with Gasteiger partial charge in [0.25, 0.3) is 0 Å². The largest absolute Gasteiger partial charge is 0.491 e. The van der Waals surface area contributed by atoms with E-state index >= 15 is 0 Å². The molecule has 16 heavy (non-hydrogen) atoms. The lowest BCUT2D eigenvalue weighted by Gasteiger charge is -2.21. The number of hydrogen-bond donors (Lipinski definition) is 0. The van der Waals surface area contributed by atoms with E-state index in [1.807, 2.05) is 18.2 Å². The zero-order valence-electron chi connectivity index (χ0n) is 8.40. The summed E-state index contributed by atoms with van der Waals surface area (Å²) >= 11 is 3.45. The van der Waals surface area contributed by atoms with Gasteiger partial charge in [-0.15, -0.1) is 0 Å². The van der Waals surface area contributed by atoms with E-state index in [-0.39, 0.29) is 10.5 Å². The highest BCUT2D eigenvalue weighted by atomic mass is 79.9. The number of hydrogen-bond acceptors (Lipinski definition) is 3. The third-order valence-electron chi connectivity index (χ3n) is 2.69. The molecule has 1 aliphatic heterocycles. The number of halogens is 1. The van der Waals surface area contributed by atoms with Crippen LogP contribution in [0.15, 0.2) is 33.5 Å². The van der Waals surface area contributed by atoms with Crippen molar-refractivity contribution in [3.05, 3.63) is 40.2 Å². The smallest absolute Gasteiger partial charge is 0.343 e. The van der Waals surface area contributed by atoms with Crippen molar-refractivity contribution in [3.63, 3.8) is 0 Å². The maximum Gasteiger partial charge on any atom is 0.343 e. The molecule has 4 heteroatoms. The van der Waals surface area contributed by atoms with Crippen LogP contribution in [0.2, 0.25) is 0 Å². The van der Waals surface area contributed by atoms with E-state index in [9.17, 15) is 4.79 Å². The van der Waals surface area contributed by atoms with E-state index < -0.39 is 0 Å². The molecule has 2 heterocycles. The second kappa shape index (κ2) is 3.63. The molecule has 1 aliphatic rings. The van der Waals surface area contributed by atoms with Crippen LogP contribution in [0.25, 0.3) is 11.0 Å². The first-order valence-corrected chi connectivity index (χ1v) is 5.99. The molecule has 1 unspecified atom stereocenters. The van der Waals surface area contributed by atoms with Crippen LogP contribution < -0.4 is 10.4 Å². The Bertz CT molecular complexity index is 603. The predicted molar refractivity (Wildman–Crippen MR) is 64.4 cm³/mol. The van der Waals surface area contributed by atoms with E-state index in [1.165, 1.54) is 0 Å². The Balaban J connectivity index is 2.36. The van der Waals surface area contributed by atoms with Gasteiger partial charge in [-0.25, -0.2) is 4.79 Å². The Kier molecular flexibility index (Phi) is 2.24. The molecule has 1 aromatic heterocycles. The number of rotatable bonds is 0. The lowest BCUT2D eigenvalue weighted by atomic mass is 10.1. The van der Waals surface area contributed by atoms with Gasteiger partial charge in [0.1, 0.15) is 17.9 Å². The van der Waals surface area contributed by atoms with E-state index in [2.05, 4.69) is 15.9 Å². The first kappa shape index (κ1) is 9.90. The molecular weight excluding hydrogens is 272 g/mol. The highest BCUT2D eigenvalue weighted by molar-refractivity contribution is 9.09. The fraction of sp³-hybridized carbons (Fsp3) is 0.250. The number of benzene rings is 1. The minimum Gasteiger partial charge on any atom is -0.491 e. The topological polar surface area (TPSA) is 39.4 Å².